The fourth-order valence-electron chi connectivity index (χ4n) is 2.23. The maximum atomic E-state index is 9.38. The van der Waals surface area contributed by atoms with Gasteiger partial charge in [0.1, 0.15) is 17.3 Å². The molecule has 1 aliphatic heterocycles. The first kappa shape index (κ1) is 12.5. The zero-order valence-electron chi connectivity index (χ0n) is 9.51. The van der Waals surface area contributed by atoms with Crippen molar-refractivity contribution >= 4 is 17.4 Å². The van der Waals surface area contributed by atoms with Gasteiger partial charge in [-0.05, 0) is 19.3 Å². The Bertz CT molecular complexity index is 389. The summed E-state index contributed by atoms with van der Waals surface area (Å²) in [5.74, 6) is 0.645. The first-order valence-electron chi connectivity index (χ1n) is 5.75. The number of hydrogen-bond donors (Lipinski definition) is 2. The second kappa shape index (κ2) is 5.62. The zero-order chi connectivity index (χ0) is 12.3. The summed E-state index contributed by atoms with van der Waals surface area (Å²) in [6.45, 7) is 0.724. The molecule has 2 rings (SSSR count). The minimum absolute atomic E-state index is 0.0556. The number of nitrogens with zero attached hydrogens (tertiary/aromatic N) is 3. The first-order chi connectivity index (χ1) is 8.27. The van der Waals surface area contributed by atoms with Crippen LogP contribution in [0, 0.1) is 0 Å². The quantitative estimate of drug-likeness (QED) is 0.790. The topological polar surface area (TPSA) is 69.5 Å². The molecular weight excluding hydrogens is 242 g/mol. The van der Waals surface area contributed by atoms with Crippen LogP contribution in [0.3, 0.4) is 0 Å². The number of anilines is 1. The van der Waals surface area contributed by atoms with Gasteiger partial charge in [0.2, 0.25) is 0 Å². The van der Waals surface area contributed by atoms with Gasteiger partial charge in [0.05, 0.1) is 24.8 Å². The highest BCUT2D eigenvalue weighted by Gasteiger charge is 2.25. The molecule has 0 aromatic carbocycles. The van der Waals surface area contributed by atoms with E-state index in [1.807, 2.05) is 4.90 Å². The van der Waals surface area contributed by atoms with E-state index >= 15 is 0 Å². The number of rotatable bonds is 3. The molecule has 1 saturated heterocycles. The maximum Gasteiger partial charge on any atom is 0.140 e. The molecule has 2 heterocycles. The van der Waals surface area contributed by atoms with E-state index in [0.29, 0.717) is 11.4 Å². The van der Waals surface area contributed by atoms with Crippen LogP contribution in [0.5, 0.6) is 0 Å². The summed E-state index contributed by atoms with van der Waals surface area (Å²) in [4.78, 5) is 10.1. The van der Waals surface area contributed by atoms with Crippen molar-refractivity contribution in [1.29, 1.82) is 0 Å². The number of aromatic nitrogens is 2. The standard InChI is InChI=1S/C11H16ClN3O2/c12-10-9(6-17)11(14-7-13-10)15-4-2-1-3-8(15)5-16/h7-8,16-17H,1-6H2. The molecule has 1 aromatic rings. The predicted molar refractivity (Wildman–Crippen MR) is 65.0 cm³/mol. The maximum absolute atomic E-state index is 9.38. The van der Waals surface area contributed by atoms with Crippen molar-refractivity contribution in [2.45, 2.75) is 31.9 Å². The van der Waals surface area contributed by atoms with Crippen molar-refractivity contribution in [2.75, 3.05) is 18.1 Å². The zero-order valence-corrected chi connectivity index (χ0v) is 10.3. The molecule has 0 amide bonds. The van der Waals surface area contributed by atoms with Crippen molar-refractivity contribution in [3.8, 4) is 0 Å². The smallest absolute Gasteiger partial charge is 0.140 e. The van der Waals surface area contributed by atoms with Gasteiger partial charge in [0, 0.05) is 6.54 Å². The fraction of sp³-hybridized carbons (Fsp3) is 0.636. The van der Waals surface area contributed by atoms with E-state index < -0.39 is 0 Å². The molecule has 1 atom stereocenters. The van der Waals surface area contributed by atoms with E-state index in [1.165, 1.54) is 6.33 Å². The van der Waals surface area contributed by atoms with Gasteiger partial charge in [0.15, 0.2) is 0 Å². The van der Waals surface area contributed by atoms with E-state index in [-0.39, 0.29) is 24.4 Å². The molecule has 1 fully saturated rings. The van der Waals surface area contributed by atoms with Crippen LogP contribution in [0.25, 0.3) is 0 Å². The normalized spacial score (nSPS) is 20.6. The minimum Gasteiger partial charge on any atom is -0.394 e. The Hall–Kier alpha value is -0.910. The van der Waals surface area contributed by atoms with Gasteiger partial charge >= 0.3 is 0 Å². The Morgan fingerprint density at radius 1 is 1.35 bits per heavy atom. The van der Waals surface area contributed by atoms with E-state index in [0.717, 1.165) is 25.8 Å². The summed E-state index contributed by atoms with van der Waals surface area (Å²) < 4.78 is 0. The second-order valence-electron chi connectivity index (χ2n) is 4.15. The molecule has 5 nitrogen and oxygen atoms in total. The lowest BCUT2D eigenvalue weighted by molar-refractivity contribution is 0.237. The number of hydrogen-bond acceptors (Lipinski definition) is 5. The van der Waals surface area contributed by atoms with Gasteiger partial charge < -0.3 is 15.1 Å². The third-order valence-corrected chi connectivity index (χ3v) is 3.46. The number of aliphatic hydroxyl groups excluding tert-OH is 2. The van der Waals surface area contributed by atoms with E-state index in [4.69, 9.17) is 11.6 Å². The van der Waals surface area contributed by atoms with Gasteiger partial charge in [-0.15, -0.1) is 0 Å². The Kier molecular flexibility index (Phi) is 4.15. The van der Waals surface area contributed by atoms with Gasteiger partial charge in [0.25, 0.3) is 0 Å². The lowest BCUT2D eigenvalue weighted by Gasteiger charge is -2.36. The molecule has 1 aliphatic rings. The summed E-state index contributed by atoms with van der Waals surface area (Å²) in [6.07, 6.45) is 4.49. The van der Waals surface area contributed by atoms with E-state index in [2.05, 4.69) is 9.97 Å². The molecule has 2 N–H and O–H groups in total. The van der Waals surface area contributed by atoms with Gasteiger partial charge in [-0.3, -0.25) is 0 Å². The lowest BCUT2D eigenvalue weighted by Crippen LogP contribution is -2.43. The molecule has 0 aliphatic carbocycles. The molecule has 94 valence electrons. The Labute approximate surface area is 105 Å². The molecule has 0 saturated carbocycles. The molecule has 17 heavy (non-hydrogen) atoms. The van der Waals surface area contributed by atoms with Crippen LogP contribution in [-0.2, 0) is 6.61 Å². The average molecular weight is 258 g/mol. The third kappa shape index (κ3) is 2.51. The van der Waals surface area contributed by atoms with Gasteiger partial charge in [-0.2, -0.15) is 0 Å². The van der Waals surface area contributed by atoms with Crippen LogP contribution in [0.2, 0.25) is 5.15 Å². The molecule has 0 spiro atoms. The highest BCUT2D eigenvalue weighted by molar-refractivity contribution is 6.30. The van der Waals surface area contributed by atoms with Crippen LogP contribution in [0.4, 0.5) is 5.82 Å². The lowest BCUT2D eigenvalue weighted by atomic mass is 10.0. The largest absolute Gasteiger partial charge is 0.394 e. The molecule has 0 bridgehead atoms. The number of piperidine rings is 1. The summed E-state index contributed by atoms with van der Waals surface area (Å²) in [5, 5.41) is 19.0. The highest BCUT2D eigenvalue weighted by Crippen LogP contribution is 2.28. The number of aliphatic hydroxyl groups is 2. The van der Waals surface area contributed by atoms with E-state index in [1.54, 1.807) is 0 Å². The summed E-state index contributed by atoms with van der Waals surface area (Å²) >= 11 is 5.94. The molecule has 1 unspecified atom stereocenters. The summed E-state index contributed by atoms with van der Waals surface area (Å²) in [6, 6.07) is 0.0556. The Balaban J connectivity index is 2.34. The summed E-state index contributed by atoms with van der Waals surface area (Å²) in [7, 11) is 0. The molecule has 0 radical (unpaired) electrons. The molecule has 1 aromatic heterocycles. The third-order valence-electron chi connectivity index (χ3n) is 3.14. The van der Waals surface area contributed by atoms with Crippen LogP contribution < -0.4 is 4.90 Å². The monoisotopic (exact) mass is 257 g/mol. The van der Waals surface area contributed by atoms with Crippen LogP contribution in [0.1, 0.15) is 24.8 Å². The number of halogens is 1. The second-order valence-corrected chi connectivity index (χ2v) is 4.51. The van der Waals surface area contributed by atoms with Crippen molar-refractivity contribution in [3.05, 3.63) is 17.0 Å². The van der Waals surface area contributed by atoms with Gasteiger partial charge in [-0.1, -0.05) is 11.6 Å². The predicted octanol–water partition coefficient (Wildman–Crippen LogP) is 0.973. The average Bonchev–Trinajstić information content (AvgIpc) is 2.38. The minimum atomic E-state index is -0.191. The van der Waals surface area contributed by atoms with Crippen LogP contribution in [-0.4, -0.2) is 39.4 Å². The Morgan fingerprint density at radius 2 is 2.18 bits per heavy atom. The Morgan fingerprint density at radius 3 is 2.88 bits per heavy atom. The van der Waals surface area contributed by atoms with Gasteiger partial charge in [-0.25, -0.2) is 9.97 Å². The molecular formula is C11H16ClN3O2. The van der Waals surface area contributed by atoms with E-state index in [9.17, 15) is 10.2 Å². The van der Waals surface area contributed by atoms with Crippen molar-refractivity contribution in [2.24, 2.45) is 0 Å². The van der Waals surface area contributed by atoms with Crippen molar-refractivity contribution < 1.29 is 10.2 Å². The van der Waals surface area contributed by atoms with Crippen molar-refractivity contribution in [1.82, 2.24) is 9.97 Å². The van der Waals surface area contributed by atoms with Crippen molar-refractivity contribution in [3.63, 3.8) is 0 Å². The fourth-order valence-corrected chi connectivity index (χ4v) is 2.42. The summed E-state index contributed by atoms with van der Waals surface area (Å²) in [5.41, 5.74) is 0.537. The van der Waals surface area contributed by atoms with Crippen LogP contribution >= 0.6 is 11.6 Å². The highest BCUT2D eigenvalue weighted by atomic mass is 35.5. The molecule has 6 heteroatoms. The first-order valence-corrected chi connectivity index (χ1v) is 6.13. The SMILES string of the molecule is OCc1c(Cl)ncnc1N1CCCCC1CO. The van der Waals surface area contributed by atoms with Crippen LogP contribution in [0.15, 0.2) is 6.33 Å².